The molecule has 11 heavy (non-hydrogen) atoms. The summed E-state index contributed by atoms with van der Waals surface area (Å²) in [5.41, 5.74) is 7.84. The maximum absolute atomic E-state index is 10.6. The topological polar surface area (TPSA) is 75.1 Å². The summed E-state index contributed by atoms with van der Waals surface area (Å²) >= 11 is 0. The van der Waals surface area contributed by atoms with Gasteiger partial charge in [-0.05, 0) is 12.0 Å². The van der Waals surface area contributed by atoms with Crippen LogP contribution in [0.15, 0.2) is 5.11 Å². The first kappa shape index (κ1) is 9.78. The fourth-order valence-corrected chi connectivity index (χ4v) is 0.465. The van der Waals surface area contributed by atoms with Crippen molar-refractivity contribution < 1.29 is 9.53 Å². The van der Waals surface area contributed by atoms with Crippen molar-refractivity contribution in [2.75, 3.05) is 13.2 Å². The predicted octanol–water partition coefficient (Wildman–Crippen LogP) is 1.64. The molecule has 5 heteroatoms. The second-order valence-corrected chi connectivity index (χ2v) is 1.96. The van der Waals surface area contributed by atoms with Crippen LogP contribution in [0.3, 0.4) is 0 Å². The van der Waals surface area contributed by atoms with Crippen molar-refractivity contribution in [2.24, 2.45) is 5.11 Å². The average molecular weight is 157 g/mol. The molecule has 62 valence electrons. The molecule has 5 nitrogen and oxygen atoms in total. The van der Waals surface area contributed by atoms with Crippen LogP contribution in [0.25, 0.3) is 10.4 Å². The molecule has 0 aromatic carbocycles. The first-order valence-electron chi connectivity index (χ1n) is 3.47. The highest BCUT2D eigenvalue weighted by molar-refractivity contribution is 5.71. The number of hydrogen-bond donors (Lipinski definition) is 0. The summed E-state index contributed by atoms with van der Waals surface area (Å²) in [5.74, 6) is -0.462. The molecular weight excluding hydrogens is 146 g/mol. The molecule has 0 aromatic heterocycles. The molecule has 0 radical (unpaired) electrons. The van der Waals surface area contributed by atoms with Gasteiger partial charge < -0.3 is 4.74 Å². The Kier molecular flexibility index (Phi) is 6.13. The summed E-state index contributed by atoms with van der Waals surface area (Å²) < 4.78 is 4.68. The Bertz CT molecular complexity index is 163. The Balaban J connectivity index is 3.29. The van der Waals surface area contributed by atoms with Gasteiger partial charge in [0, 0.05) is 4.91 Å². The van der Waals surface area contributed by atoms with Crippen LogP contribution in [0.1, 0.15) is 19.8 Å². The third-order valence-corrected chi connectivity index (χ3v) is 1.02. The van der Waals surface area contributed by atoms with Crippen molar-refractivity contribution in [1.29, 1.82) is 0 Å². The average Bonchev–Trinajstić information content (AvgIpc) is 2.01. The molecule has 0 atom stereocenters. The monoisotopic (exact) mass is 157 g/mol. The van der Waals surface area contributed by atoms with Crippen molar-refractivity contribution in [2.45, 2.75) is 19.8 Å². The van der Waals surface area contributed by atoms with Gasteiger partial charge in [-0.2, -0.15) is 0 Å². The zero-order valence-corrected chi connectivity index (χ0v) is 6.49. The van der Waals surface area contributed by atoms with Crippen LogP contribution in [-0.4, -0.2) is 19.1 Å². The number of nitrogens with zero attached hydrogens (tertiary/aromatic N) is 3. The highest BCUT2D eigenvalue weighted by Gasteiger charge is 1.97. The van der Waals surface area contributed by atoms with Crippen molar-refractivity contribution in [3.8, 4) is 0 Å². The van der Waals surface area contributed by atoms with Gasteiger partial charge in [-0.3, -0.25) is 4.79 Å². The lowest BCUT2D eigenvalue weighted by atomic mass is 10.4. The van der Waals surface area contributed by atoms with E-state index in [0.717, 1.165) is 12.8 Å². The highest BCUT2D eigenvalue weighted by atomic mass is 16.5. The van der Waals surface area contributed by atoms with E-state index in [1.165, 1.54) is 0 Å². The van der Waals surface area contributed by atoms with Crippen LogP contribution in [0, 0.1) is 0 Å². The van der Waals surface area contributed by atoms with Gasteiger partial charge in [-0.25, -0.2) is 0 Å². The van der Waals surface area contributed by atoms with Crippen molar-refractivity contribution in [3.05, 3.63) is 10.4 Å². The van der Waals surface area contributed by atoms with E-state index in [4.69, 9.17) is 5.53 Å². The van der Waals surface area contributed by atoms with E-state index in [1.54, 1.807) is 0 Å². The Morgan fingerprint density at radius 2 is 2.45 bits per heavy atom. The molecule has 0 aromatic rings. The second-order valence-electron chi connectivity index (χ2n) is 1.96. The molecule has 0 amide bonds. The van der Waals surface area contributed by atoms with Crippen molar-refractivity contribution >= 4 is 5.97 Å². The first-order valence-corrected chi connectivity index (χ1v) is 3.47. The molecule has 0 saturated heterocycles. The first-order chi connectivity index (χ1) is 5.31. The summed E-state index contributed by atoms with van der Waals surface area (Å²) in [6.45, 7) is 2.21. The SMILES string of the molecule is CCCCOC(=O)CN=[N+]=[N-]. The van der Waals surface area contributed by atoms with E-state index in [9.17, 15) is 4.79 Å². The normalized spacial score (nSPS) is 8.45. The number of azide groups is 1. The molecule has 0 rings (SSSR count). The molecule has 0 aliphatic rings. The minimum Gasteiger partial charge on any atom is -0.466 e. The highest BCUT2D eigenvalue weighted by Crippen LogP contribution is 1.88. The number of rotatable bonds is 5. The van der Waals surface area contributed by atoms with Gasteiger partial charge >= 0.3 is 5.97 Å². The molecule has 0 N–H and O–H groups in total. The van der Waals surface area contributed by atoms with Crippen LogP contribution >= 0.6 is 0 Å². The second kappa shape index (κ2) is 6.89. The van der Waals surface area contributed by atoms with Crippen LogP contribution in [0.2, 0.25) is 0 Å². The smallest absolute Gasteiger partial charge is 0.311 e. The molecule has 0 unspecified atom stereocenters. The number of ether oxygens (including phenoxy) is 1. The summed E-state index contributed by atoms with van der Waals surface area (Å²) in [6, 6.07) is 0. The molecule has 0 heterocycles. The molecule has 0 spiro atoms. The zero-order valence-electron chi connectivity index (χ0n) is 6.49. The third kappa shape index (κ3) is 6.67. The van der Waals surface area contributed by atoms with E-state index in [0.29, 0.717) is 6.61 Å². The number of hydrogen-bond acceptors (Lipinski definition) is 3. The molecule has 0 fully saturated rings. The summed E-state index contributed by atoms with van der Waals surface area (Å²) in [5, 5.41) is 3.06. The van der Waals surface area contributed by atoms with Crippen LogP contribution in [-0.2, 0) is 9.53 Å². The molecule has 0 aliphatic heterocycles. The summed E-state index contributed by atoms with van der Waals surface area (Å²) in [7, 11) is 0. The fraction of sp³-hybridized carbons (Fsp3) is 0.833. The minimum atomic E-state index is -0.462. The van der Waals surface area contributed by atoms with Gasteiger partial charge in [0.15, 0.2) is 0 Å². The Morgan fingerprint density at radius 1 is 1.73 bits per heavy atom. The number of carbonyl (C=O) groups is 1. The maximum atomic E-state index is 10.6. The van der Waals surface area contributed by atoms with E-state index >= 15 is 0 Å². The largest absolute Gasteiger partial charge is 0.466 e. The van der Waals surface area contributed by atoms with Gasteiger partial charge in [-0.15, -0.1) is 0 Å². The zero-order chi connectivity index (χ0) is 8.53. The summed E-state index contributed by atoms with van der Waals surface area (Å²) in [6.07, 6.45) is 1.83. The van der Waals surface area contributed by atoms with Gasteiger partial charge in [-0.1, -0.05) is 18.5 Å². The maximum Gasteiger partial charge on any atom is 0.311 e. The lowest BCUT2D eigenvalue weighted by molar-refractivity contribution is -0.141. The van der Waals surface area contributed by atoms with Crippen molar-refractivity contribution in [3.63, 3.8) is 0 Å². The molecule has 0 bridgehead atoms. The summed E-state index contributed by atoms with van der Waals surface area (Å²) in [4.78, 5) is 13.0. The standard InChI is InChI=1S/C6H11N3O2/c1-2-3-4-11-6(10)5-8-9-7/h2-5H2,1H3. The lowest BCUT2D eigenvalue weighted by Crippen LogP contribution is -2.08. The van der Waals surface area contributed by atoms with Gasteiger partial charge in [0.05, 0.1) is 6.61 Å². The van der Waals surface area contributed by atoms with Crippen LogP contribution in [0.4, 0.5) is 0 Å². The van der Waals surface area contributed by atoms with E-state index in [2.05, 4.69) is 14.8 Å². The number of unbranched alkanes of at least 4 members (excludes halogenated alkanes) is 1. The van der Waals surface area contributed by atoms with Crippen LogP contribution < -0.4 is 0 Å². The predicted molar refractivity (Wildman–Crippen MR) is 39.9 cm³/mol. The fourth-order valence-electron chi connectivity index (χ4n) is 0.465. The van der Waals surface area contributed by atoms with Gasteiger partial charge in [0.1, 0.15) is 6.54 Å². The van der Waals surface area contributed by atoms with E-state index < -0.39 is 5.97 Å². The van der Waals surface area contributed by atoms with E-state index in [-0.39, 0.29) is 6.54 Å². The third-order valence-electron chi connectivity index (χ3n) is 1.02. The quantitative estimate of drug-likeness (QED) is 0.200. The molecule has 0 aliphatic carbocycles. The van der Waals surface area contributed by atoms with Crippen molar-refractivity contribution in [1.82, 2.24) is 0 Å². The van der Waals surface area contributed by atoms with E-state index in [1.807, 2.05) is 6.92 Å². The Hall–Kier alpha value is -1.22. The Morgan fingerprint density at radius 3 is 3.00 bits per heavy atom. The number of carbonyl (C=O) groups excluding carboxylic acids is 1. The van der Waals surface area contributed by atoms with Gasteiger partial charge in [0.25, 0.3) is 0 Å². The Labute approximate surface area is 65.0 Å². The van der Waals surface area contributed by atoms with Gasteiger partial charge in [0.2, 0.25) is 0 Å². The molecular formula is C6H11N3O2. The number of esters is 1. The van der Waals surface area contributed by atoms with Crippen LogP contribution in [0.5, 0.6) is 0 Å². The minimum absolute atomic E-state index is 0.208. The lowest BCUT2D eigenvalue weighted by Gasteiger charge is -1.99. The molecule has 0 saturated carbocycles.